The lowest BCUT2D eigenvalue weighted by Crippen LogP contribution is -2.37. The number of nitrogens with one attached hydrogen (secondary N) is 3. The van der Waals surface area contributed by atoms with Gasteiger partial charge < -0.3 is 16.0 Å². The fraction of sp³-hybridized carbons (Fsp3) is 0.462. The van der Waals surface area contributed by atoms with Crippen LogP contribution in [0.25, 0.3) is 0 Å². The van der Waals surface area contributed by atoms with Crippen LogP contribution in [-0.2, 0) is 4.79 Å². The van der Waals surface area contributed by atoms with Crippen LogP contribution in [0.15, 0.2) is 12.3 Å². The van der Waals surface area contributed by atoms with E-state index >= 15 is 0 Å². The number of aromatic nitrogens is 1. The topological polar surface area (TPSA) is 83.1 Å². The lowest BCUT2D eigenvalue weighted by atomic mass is 10.2. The van der Waals surface area contributed by atoms with Crippen LogP contribution >= 0.6 is 11.6 Å². The zero-order valence-electron chi connectivity index (χ0n) is 11.6. The van der Waals surface area contributed by atoms with Gasteiger partial charge in [-0.3, -0.25) is 9.59 Å². The maximum absolute atomic E-state index is 11.8. The van der Waals surface area contributed by atoms with Crippen LogP contribution in [0.2, 0.25) is 5.02 Å². The molecule has 1 heterocycles. The number of anilines is 1. The molecule has 0 saturated carbocycles. The van der Waals surface area contributed by atoms with Gasteiger partial charge in [0.05, 0.1) is 17.1 Å². The van der Waals surface area contributed by atoms with Crippen LogP contribution in [-0.4, -0.2) is 36.4 Å². The van der Waals surface area contributed by atoms with Crippen LogP contribution in [0.4, 0.5) is 5.82 Å². The average molecular weight is 299 g/mol. The molecule has 0 saturated heterocycles. The van der Waals surface area contributed by atoms with Gasteiger partial charge in [0.15, 0.2) is 0 Å². The maximum atomic E-state index is 11.8. The zero-order valence-corrected chi connectivity index (χ0v) is 12.4. The van der Waals surface area contributed by atoms with Crippen LogP contribution in [0.1, 0.15) is 30.6 Å². The summed E-state index contributed by atoms with van der Waals surface area (Å²) in [5.74, 6) is -0.0657. The maximum Gasteiger partial charge on any atom is 0.253 e. The van der Waals surface area contributed by atoms with Crippen LogP contribution < -0.4 is 16.0 Å². The predicted octanol–water partition coefficient (Wildman–Crippen LogP) is 1.42. The molecular weight excluding hydrogens is 280 g/mol. The Morgan fingerprint density at radius 1 is 1.30 bits per heavy atom. The Kier molecular flexibility index (Phi) is 6.79. The van der Waals surface area contributed by atoms with Crippen molar-refractivity contribution in [1.29, 1.82) is 0 Å². The molecule has 110 valence electrons. The Balaban J connectivity index is 2.55. The van der Waals surface area contributed by atoms with Crippen molar-refractivity contribution < 1.29 is 9.59 Å². The lowest BCUT2D eigenvalue weighted by molar-refractivity contribution is -0.120. The number of nitrogens with zero attached hydrogens (tertiary/aromatic N) is 1. The largest absolute Gasteiger partial charge is 0.369 e. The molecule has 0 aliphatic heterocycles. The van der Waals surface area contributed by atoms with Crippen molar-refractivity contribution in [2.45, 2.75) is 20.3 Å². The molecule has 1 rings (SSSR count). The minimum Gasteiger partial charge on any atom is -0.369 e. The number of amides is 2. The van der Waals surface area contributed by atoms with Crippen LogP contribution in [0.3, 0.4) is 0 Å². The molecule has 0 atom stereocenters. The fourth-order valence-corrected chi connectivity index (χ4v) is 1.68. The standard InChI is InChI=1S/C13H19ClN4O2/c1-3-5-16-11(19)8-18-13(20)9-6-10(14)12(15-4-2)17-7-9/h6-7H,3-5,8H2,1-2H3,(H,15,17)(H,16,19)(H,18,20). The quantitative estimate of drug-likeness (QED) is 0.711. The first-order valence-electron chi connectivity index (χ1n) is 6.52. The lowest BCUT2D eigenvalue weighted by Gasteiger charge is -2.08. The summed E-state index contributed by atoms with van der Waals surface area (Å²) in [4.78, 5) is 27.3. The van der Waals surface area contributed by atoms with Crippen molar-refractivity contribution in [2.75, 3.05) is 25.0 Å². The highest BCUT2D eigenvalue weighted by Crippen LogP contribution is 2.19. The van der Waals surface area contributed by atoms with Gasteiger partial charge in [-0.15, -0.1) is 0 Å². The highest BCUT2D eigenvalue weighted by Gasteiger charge is 2.10. The monoisotopic (exact) mass is 298 g/mol. The van der Waals surface area contributed by atoms with Crippen molar-refractivity contribution in [3.63, 3.8) is 0 Å². The molecular formula is C13H19ClN4O2. The highest BCUT2D eigenvalue weighted by molar-refractivity contribution is 6.33. The Morgan fingerprint density at radius 3 is 2.65 bits per heavy atom. The van der Waals surface area contributed by atoms with Crippen molar-refractivity contribution in [3.8, 4) is 0 Å². The molecule has 6 nitrogen and oxygen atoms in total. The third-order valence-electron chi connectivity index (χ3n) is 2.43. The molecule has 0 unspecified atom stereocenters. The number of hydrogen-bond acceptors (Lipinski definition) is 4. The van der Waals surface area contributed by atoms with Crippen LogP contribution in [0, 0.1) is 0 Å². The molecule has 0 bridgehead atoms. The van der Waals surface area contributed by atoms with E-state index in [1.165, 1.54) is 12.3 Å². The van der Waals surface area contributed by atoms with E-state index in [4.69, 9.17) is 11.6 Å². The second kappa shape index (κ2) is 8.37. The minimum atomic E-state index is -0.380. The first kappa shape index (κ1) is 16.2. The van der Waals surface area contributed by atoms with E-state index in [0.717, 1.165) is 6.42 Å². The Hall–Kier alpha value is -1.82. The SMILES string of the molecule is CCCNC(=O)CNC(=O)c1cnc(NCC)c(Cl)c1. The van der Waals surface area contributed by atoms with Crippen molar-refractivity contribution in [1.82, 2.24) is 15.6 Å². The van der Waals surface area contributed by atoms with E-state index < -0.39 is 0 Å². The fourth-order valence-electron chi connectivity index (χ4n) is 1.45. The number of carbonyl (C=O) groups excluding carboxylic acids is 2. The molecule has 3 N–H and O–H groups in total. The second-order valence-electron chi connectivity index (χ2n) is 4.12. The highest BCUT2D eigenvalue weighted by atomic mass is 35.5. The van der Waals surface area contributed by atoms with E-state index in [9.17, 15) is 9.59 Å². The van der Waals surface area contributed by atoms with E-state index in [0.29, 0.717) is 29.5 Å². The van der Waals surface area contributed by atoms with Gasteiger partial charge in [-0.05, 0) is 19.4 Å². The van der Waals surface area contributed by atoms with Crippen molar-refractivity contribution in [2.24, 2.45) is 0 Å². The minimum absolute atomic E-state index is 0.0641. The summed E-state index contributed by atoms with van der Waals surface area (Å²) in [6, 6.07) is 1.52. The van der Waals surface area contributed by atoms with E-state index in [1.54, 1.807) is 0 Å². The summed E-state index contributed by atoms with van der Waals surface area (Å²) in [5, 5.41) is 8.53. The first-order valence-corrected chi connectivity index (χ1v) is 6.90. The number of hydrogen-bond donors (Lipinski definition) is 3. The molecule has 2 amide bonds. The molecule has 0 aromatic carbocycles. The summed E-state index contributed by atoms with van der Waals surface area (Å²) in [6.45, 7) is 5.10. The molecule has 0 aliphatic carbocycles. The second-order valence-corrected chi connectivity index (χ2v) is 4.52. The van der Waals surface area contributed by atoms with Crippen molar-refractivity contribution >= 4 is 29.2 Å². The van der Waals surface area contributed by atoms with Crippen LogP contribution in [0.5, 0.6) is 0 Å². The predicted molar refractivity (Wildman–Crippen MR) is 79.0 cm³/mol. The number of rotatable bonds is 7. The Morgan fingerprint density at radius 2 is 2.05 bits per heavy atom. The Bertz CT molecular complexity index is 479. The molecule has 0 spiro atoms. The summed E-state index contributed by atoms with van der Waals surface area (Å²) in [7, 11) is 0. The summed E-state index contributed by atoms with van der Waals surface area (Å²) in [5.41, 5.74) is 0.319. The van der Waals surface area contributed by atoms with Gasteiger partial charge in [-0.1, -0.05) is 18.5 Å². The van der Waals surface area contributed by atoms with Crippen molar-refractivity contribution in [3.05, 3.63) is 22.8 Å². The Labute approximate surface area is 123 Å². The molecule has 0 fully saturated rings. The van der Waals surface area contributed by atoms with E-state index in [-0.39, 0.29) is 18.4 Å². The molecule has 0 aliphatic rings. The molecule has 1 aromatic heterocycles. The van der Waals surface area contributed by atoms with Gasteiger partial charge in [-0.2, -0.15) is 0 Å². The number of halogens is 1. The van der Waals surface area contributed by atoms with Gasteiger partial charge in [-0.25, -0.2) is 4.98 Å². The summed E-state index contributed by atoms with van der Waals surface area (Å²) in [6.07, 6.45) is 2.27. The van der Waals surface area contributed by atoms with E-state index in [1.807, 2.05) is 13.8 Å². The average Bonchev–Trinajstić information content (AvgIpc) is 2.44. The van der Waals surface area contributed by atoms with Gasteiger partial charge in [0.2, 0.25) is 5.91 Å². The smallest absolute Gasteiger partial charge is 0.253 e. The number of pyridine rings is 1. The van der Waals surface area contributed by atoms with Gasteiger partial charge in [0.25, 0.3) is 5.91 Å². The third-order valence-corrected chi connectivity index (χ3v) is 2.72. The van der Waals surface area contributed by atoms with Gasteiger partial charge in [0, 0.05) is 19.3 Å². The van der Waals surface area contributed by atoms with E-state index in [2.05, 4.69) is 20.9 Å². The normalized spacial score (nSPS) is 9.95. The summed E-state index contributed by atoms with van der Waals surface area (Å²) >= 11 is 6.00. The molecule has 20 heavy (non-hydrogen) atoms. The van der Waals surface area contributed by atoms with Gasteiger partial charge in [0.1, 0.15) is 5.82 Å². The summed E-state index contributed by atoms with van der Waals surface area (Å²) < 4.78 is 0. The first-order chi connectivity index (χ1) is 9.58. The third kappa shape index (κ3) is 5.05. The number of carbonyl (C=O) groups is 2. The molecule has 1 aromatic rings. The molecule has 0 radical (unpaired) electrons. The zero-order chi connectivity index (χ0) is 15.0. The molecule has 7 heteroatoms. The van der Waals surface area contributed by atoms with Gasteiger partial charge >= 0.3 is 0 Å².